The fourth-order valence-electron chi connectivity index (χ4n) is 1.17. The molecule has 1 fully saturated rings. The molecule has 1 aliphatic heterocycles. The van der Waals surface area contributed by atoms with Gasteiger partial charge in [0.25, 0.3) is 0 Å². The van der Waals surface area contributed by atoms with Gasteiger partial charge in [0.1, 0.15) is 12.8 Å². The molecule has 1 aliphatic rings. The van der Waals surface area contributed by atoms with Crippen molar-refractivity contribution in [2.45, 2.75) is 18.9 Å². The van der Waals surface area contributed by atoms with Crippen molar-refractivity contribution < 1.29 is 9.47 Å². The predicted molar refractivity (Wildman–Crippen MR) is 44.4 cm³/mol. The first-order valence-corrected chi connectivity index (χ1v) is 4.70. The van der Waals surface area contributed by atoms with Crippen LogP contribution in [-0.2, 0) is 4.74 Å². The first-order valence-electron chi connectivity index (χ1n) is 3.97. The average Bonchev–Trinajstić information content (AvgIpc) is 2.74. The third-order valence-corrected chi connectivity index (χ3v) is 2.24. The Bertz CT molecular complexity index is 221. The van der Waals surface area contributed by atoms with Gasteiger partial charge >= 0.3 is 0 Å². The fourth-order valence-corrected chi connectivity index (χ4v) is 1.54. The van der Waals surface area contributed by atoms with Crippen LogP contribution in [0.5, 0.6) is 5.88 Å². The highest BCUT2D eigenvalue weighted by Crippen LogP contribution is 2.13. The number of hydrogen-bond donors (Lipinski definition) is 0. The second-order valence-electron chi connectivity index (χ2n) is 2.69. The van der Waals surface area contributed by atoms with Gasteiger partial charge in [-0.25, -0.2) is 0 Å². The van der Waals surface area contributed by atoms with Crippen LogP contribution in [0.15, 0.2) is 6.20 Å². The van der Waals surface area contributed by atoms with Crippen LogP contribution in [0.3, 0.4) is 0 Å². The van der Waals surface area contributed by atoms with Crippen molar-refractivity contribution >= 4 is 11.7 Å². The van der Waals surface area contributed by atoms with E-state index in [2.05, 4.69) is 8.75 Å². The first kappa shape index (κ1) is 7.94. The molecule has 5 heteroatoms. The van der Waals surface area contributed by atoms with Crippen LogP contribution in [0, 0.1) is 0 Å². The molecule has 0 saturated carbocycles. The van der Waals surface area contributed by atoms with Gasteiger partial charge in [-0.1, -0.05) is 0 Å². The summed E-state index contributed by atoms with van der Waals surface area (Å²) >= 11 is 1.16. The predicted octanol–water partition coefficient (Wildman–Crippen LogP) is 1.10. The van der Waals surface area contributed by atoms with Crippen molar-refractivity contribution in [2.75, 3.05) is 13.2 Å². The van der Waals surface area contributed by atoms with E-state index < -0.39 is 0 Å². The van der Waals surface area contributed by atoms with Crippen LogP contribution in [0.25, 0.3) is 0 Å². The molecule has 66 valence electrons. The lowest BCUT2D eigenvalue weighted by Gasteiger charge is -2.08. The van der Waals surface area contributed by atoms with Gasteiger partial charge in [-0.2, -0.15) is 4.37 Å². The van der Waals surface area contributed by atoms with E-state index in [9.17, 15) is 0 Å². The maximum atomic E-state index is 5.38. The SMILES string of the molecule is c1nsnc1OCC1CCCO1. The third-order valence-electron chi connectivity index (χ3n) is 1.78. The summed E-state index contributed by atoms with van der Waals surface area (Å²) in [5, 5.41) is 0. The minimum Gasteiger partial charge on any atom is -0.473 e. The van der Waals surface area contributed by atoms with Crippen molar-refractivity contribution in [3.05, 3.63) is 6.20 Å². The van der Waals surface area contributed by atoms with Crippen molar-refractivity contribution in [1.29, 1.82) is 0 Å². The van der Waals surface area contributed by atoms with Gasteiger partial charge in [-0.05, 0) is 12.8 Å². The van der Waals surface area contributed by atoms with Gasteiger partial charge in [0.15, 0.2) is 0 Å². The van der Waals surface area contributed by atoms with E-state index in [1.54, 1.807) is 6.20 Å². The van der Waals surface area contributed by atoms with Crippen molar-refractivity contribution in [2.24, 2.45) is 0 Å². The van der Waals surface area contributed by atoms with E-state index in [0.717, 1.165) is 31.2 Å². The number of nitrogens with zero attached hydrogens (tertiary/aromatic N) is 2. The zero-order valence-corrected chi connectivity index (χ0v) is 7.42. The fraction of sp³-hybridized carbons (Fsp3) is 0.714. The third kappa shape index (κ3) is 1.92. The molecule has 0 bridgehead atoms. The Kier molecular flexibility index (Phi) is 2.53. The molecule has 1 aromatic heterocycles. The van der Waals surface area contributed by atoms with E-state index >= 15 is 0 Å². The summed E-state index contributed by atoms with van der Waals surface area (Å²) in [5.74, 6) is 0.607. The second kappa shape index (κ2) is 3.82. The average molecular weight is 186 g/mol. The molecule has 1 aromatic rings. The van der Waals surface area contributed by atoms with Crippen molar-refractivity contribution in [3.8, 4) is 5.88 Å². The van der Waals surface area contributed by atoms with Crippen LogP contribution >= 0.6 is 11.7 Å². The normalized spacial score (nSPS) is 22.8. The Hall–Kier alpha value is -0.680. The van der Waals surface area contributed by atoms with Gasteiger partial charge in [-0.3, -0.25) is 0 Å². The maximum Gasteiger partial charge on any atom is 0.245 e. The topological polar surface area (TPSA) is 44.2 Å². The highest BCUT2D eigenvalue weighted by Gasteiger charge is 2.16. The quantitative estimate of drug-likeness (QED) is 0.709. The molecule has 4 nitrogen and oxygen atoms in total. The number of rotatable bonds is 3. The summed E-state index contributed by atoms with van der Waals surface area (Å²) in [6.07, 6.45) is 4.12. The molecule has 0 aromatic carbocycles. The highest BCUT2D eigenvalue weighted by atomic mass is 32.1. The van der Waals surface area contributed by atoms with Gasteiger partial charge in [0, 0.05) is 6.61 Å². The highest BCUT2D eigenvalue weighted by molar-refractivity contribution is 6.99. The molecule has 1 unspecified atom stereocenters. The van der Waals surface area contributed by atoms with E-state index in [-0.39, 0.29) is 6.10 Å². The van der Waals surface area contributed by atoms with E-state index in [1.807, 2.05) is 0 Å². The lowest BCUT2D eigenvalue weighted by Crippen LogP contribution is -2.16. The van der Waals surface area contributed by atoms with Crippen molar-refractivity contribution in [3.63, 3.8) is 0 Å². The Balaban J connectivity index is 1.74. The molecule has 0 spiro atoms. The lowest BCUT2D eigenvalue weighted by atomic mass is 10.2. The Morgan fingerprint density at radius 2 is 2.75 bits per heavy atom. The zero-order chi connectivity index (χ0) is 8.23. The maximum absolute atomic E-state index is 5.38. The second-order valence-corrected chi connectivity index (χ2v) is 3.25. The summed E-state index contributed by atoms with van der Waals surface area (Å²) in [6.45, 7) is 1.47. The summed E-state index contributed by atoms with van der Waals surface area (Å²) in [5.41, 5.74) is 0. The summed E-state index contributed by atoms with van der Waals surface area (Å²) in [7, 11) is 0. The molecule has 0 aliphatic carbocycles. The molecule has 1 saturated heterocycles. The summed E-state index contributed by atoms with van der Waals surface area (Å²) < 4.78 is 18.5. The number of aromatic nitrogens is 2. The van der Waals surface area contributed by atoms with Crippen LogP contribution in [0.2, 0.25) is 0 Å². The van der Waals surface area contributed by atoms with Gasteiger partial charge < -0.3 is 9.47 Å². The Labute approximate surface area is 74.8 Å². The minimum atomic E-state index is 0.256. The van der Waals surface area contributed by atoms with E-state index in [4.69, 9.17) is 9.47 Å². The molecule has 2 rings (SSSR count). The Morgan fingerprint density at radius 3 is 3.42 bits per heavy atom. The molecule has 2 heterocycles. The summed E-state index contributed by atoms with van der Waals surface area (Å²) in [4.78, 5) is 0. The molecular weight excluding hydrogens is 176 g/mol. The monoisotopic (exact) mass is 186 g/mol. The van der Waals surface area contributed by atoms with E-state index in [1.165, 1.54) is 0 Å². The first-order chi connectivity index (χ1) is 5.95. The van der Waals surface area contributed by atoms with Crippen LogP contribution in [0.1, 0.15) is 12.8 Å². The van der Waals surface area contributed by atoms with E-state index in [0.29, 0.717) is 12.5 Å². The number of hydrogen-bond acceptors (Lipinski definition) is 5. The molecular formula is C7H10N2O2S. The molecule has 12 heavy (non-hydrogen) atoms. The largest absolute Gasteiger partial charge is 0.473 e. The van der Waals surface area contributed by atoms with Gasteiger partial charge in [0.2, 0.25) is 5.88 Å². The molecule has 0 radical (unpaired) electrons. The Morgan fingerprint density at radius 1 is 1.75 bits per heavy atom. The smallest absolute Gasteiger partial charge is 0.245 e. The lowest BCUT2D eigenvalue weighted by molar-refractivity contribution is 0.0666. The van der Waals surface area contributed by atoms with Crippen LogP contribution < -0.4 is 4.74 Å². The molecule has 0 N–H and O–H groups in total. The minimum absolute atomic E-state index is 0.256. The van der Waals surface area contributed by atoms with Crippen LogP contribution in [0.4, 0.5) is 0 Å². The van der Waals surface area contributed by atoms with Gasteiger partial charge in [0.05, 0.1) is 17.8 Å². The summed E-state index contributed by atoms with van der Waals surface area (Å²) in [6, 6.07) is 0. The van der Waals surface area contributed by atoms with Gasteiger partial charge in [-0.15, -0.1) is 4.37 Å². The molecule has 0 amide bonds. The number of ether oxygens (including phenoxy) is 2. The molecule has 1 atom stereocenters. The standard InChI is InChI=1S/C7H10N2O2S/c1-2-6(10-3-1)5-11-7-4-8-12-9-7/h4,6H,1-3,5H2. The van der Waals surface area contributed by atoms with Crippen molar-refractivity contribution in [1.82, 2.24) is 8.75 Å². The zero-order valence-electron chi connectivity index (χ0n) is 6.60. The van der Waals surface area contributed by atoms with Crippen LogP contribution in [-0.4, -0.2) is 28.1 Å².